The molecule has 0 atom stereocenters. The third-order valence-corrected chi connectivity index (χ3v) is 6.48. The van der Waals surface area contributed by atoms with Gasteiger partial charge in [0, 0.05) is 20.8 Å². The maximum atomic E-state index is 13.9. The number of hydrogen-bond donors (Lipinski definition) is 4. The lowest BCUT2D eigenvalue weighted by Crippen LogP contribution is -2.27. The molecule has 0 aliphatic heterocycles. The van der Waals surface area contributed by atoms with Crippen molar-refractivity contribution in [2.75, 3.05) is 11.9 Å². The number of halogens is 4. The smallest absolute Gasteiger partial charge is 0.407 e. The Morgan fingerprint density at radius 3 is 2.28 bits per heavy atom. The second-order valence-electron chi connectivity index (χ2n) is 8.84. The van der Waals surface area contributed by atoms with Crippen molar-refractivity contribution in [3.05, 3.63) is 70.4 Å². The summed E-state index contributed by atoms with van der Waals surface area (Å²) >= 11 is 0. The van der Waals surface area contributed by atoms with Crippen LogP contribution < -0.4 is 10.6 Å². The van der Waals surface area contributed by atoms with E-state index < -0.39 is 66.1 Å². The van der Waals surface area contributed by atoms with E-state index in [1.807, 2.05) is 0 Å². The number of phenols is 1. The summed E-state index contributed by atoms with van der Waals surface area (Å²) in [7, 11) is -1.36. The lowest BCUT2D eigenvalue weighted by Gasteiger charge is -2.15. The first-order chi connectivity index (χ1) is 16.7. The molecule has 0 radical (unpaired) electrons. The van der Waals surface area contributed by atoms with Crippen LogP contribution >= 0.6 is 0 Å². The summed E-state index contributed by atoms with van der Waals surface area (Å²) in [5.74, 6) is -12.3. The number of carboxylic acids is 1. The van der Waals surface area contributed by atoms with E-state index in [4.69, 9.17) is 4.74 Å². The van der Waals surface area contributed by atoms with Gasteiger partial charge in [-0.3, -0.25) is 4.79 Å². The third-order valence-electron chi connectivity index (χ3n) is 4.78. The van der Waals surface area contributed by atoms with Crippen LogP contribution in [0.15, 0.2) is 36.0 Å². The zero-order valence-corrected chi connectivity index (χ0v) is 20.5. The number of Topliss-reactive ketones (excluding diaryl/α,β-unsaturated/α-hetero) is 1. The number of alkyl carbamates (subject to hydrolysis) is 1. The second-order valence-corrected chi connectivity index (χ2v) is 14.5. The summed E-state index contributed by atoms with van der Waals surface area (Å²) < 4.78 is 59.0. The standard InChI is InChI=1S/C23H24F4N2O6Si/c1-36(2,3)7-6-35-23(34)29-10-12-4-5-16(17(30)8-12)28-11-14(22(32)33)21(31)13-9-15(24)19(26)20(27)18(13)25/h4-5,8-9,11,28,30H,6-7,10H2,1-3H3,(H,29,34)(H,32,33). The number of hydrogen-bond acceptors (Lipinski definition) is 6. The molecular weight excluding hydrogens is 504 g/mol. The normalized spacial score (nSPS) is 11.7. The minimum Gasteiger partial charge on any atom is -0.506 e. The largest absolute Gasteiger partial charge is 0.506 e. The molecule has 0 bridgehead atoms. The van der Waals surface area contributed by atoms with Gasteiger partial charge in [0.1, 0.15) is 11.3 Å². The lowest BCUT2D eigenvalue weighted by atomic mass is 10.0. The van der Waals surface area contributed by atoms with Gasteiger partial charge >= 0.3 is 12.1 Å². The first-order valence-electron chi connectivity index (χ1n) is 10.5. The molecule has 0 spiro atoms. The number of phenolic OH excluding ortho intramolecular Hbond substituents is 1. The van der Waals surface area contributed by atoms with Crippen LogP contribution in [0.2, 0.25) is 25.7 Å². The third kappa shape index (κ3) is 7.56. The number of ketones is 1. The quantitative estimate of drug-likeness (QED) is 0.0403. The van der Waals surface area contributed by atoms with Crippen LogP contribution in [-0.4, -0.2) is 42.7 Å². The molecule has 8 nitrogen and oxygen atoms in total. The van der Waals surface area contributed by atoms with Crippen molar-refractivity contribution in [3.63, 3.8) is 0 Å². The van der Waals surface area contributed by atoms with Crippen molar-refractivity contribution in [1.82, 2.24) is 5.32 Å². The highest BCUT2D eigenvalue weighted by Gasteiger charge is 2.28. The Labute approximate surface area is 204 Å². The average Bonchev–Trinajstić information content (AvgIpc) is 2.78. The van der Waals surface area contributed by atoms with Gasteiger partial charge in [-0.1, -0.05) is 25.7 Å². The molecule has 0 unspecified atom stereocenters. The number of ether oxygens (including phenoxy) is 1. The van der Waals surface area contributed by atoms with Crippen LogP contribution in [0.3, 0.4) is 0 Å². The number of carbonyl (C=O) groups excluding carboxylic acids is 2. The lowest BCUT2D eigenvalue weighted by molar-refractivity contribution is -0.132. The molecule has 0 aliphatic carbocycles. The summed E-state index contributed by atoms with van der Waals surface area (Å²) in [6.45, 7) is 6.70. The first kappa shape index (κ1) is 28.4. The van der Waals surface area contributed by atoms with Crippen LogP contribution in [0, 0.1) is 23.3 Å². The Hall–Kier alpha value is -3.87. The van der Waals surface area contributed by atoms with E-state index in [0.29, 0.717) is 11.8 Å². The summed E-state index contributed by atoms with van der Waals surface area (Å²) in [6, 6.07) is 4.84. The molecule has 0 fully saturated rings. The van der Waals surface area contributed by atoms with Gasteiger partial charge in [-0.25, -0.2) is 27.2 Å². The number of aromatic hydroxyl groups is 1. The topological polar surface area (TPSA) is 125 Å². The Morgan fingerprint density at radius 2 is 1.69 bits per heavy atom. The molecule has 2 aromatic carbocycles. The zero-order chi connectivity index (χ0) is 27.2. The maximum absolute atomic E-state index is 13.9. The van der Waals surface area contributed by atoms with Gasteiger partial charge in [-0.15, -0.1) is 0 Å². The number of carbonyl (C=O) groups is 3. The molecule has 0 aliphatic rings. The number of rotatable bonds is 10. The Kier molecular flexibility index (Phi) is 9.22. The number of aliphatic carboxylic acids is 1. The van der Waals surface area contributed by atoms with Crippen molar-refractivity contribution in [1.29, 1.82) is 0 Å². The van der Waals surface area contributed by atoms with Crippen LogP contribution in [0.25, 0.3) is 0 Å². The molecule has 0 heterocycles. The average molecular weight is 529 g/mol. The molecule has 0 aromatic heterocycles. The minimum atomic E-state index is -2.27. The summed E-state index contributed by atoms with van der Waals surface area (Å²) in [5.41, 5.74) is -2.10. The summed E-state index contributed by atoms with van der Waals surface area (Å²) in [4.78, 5) is 35.6. The fourth-order valence-electron chi connectivity index (χ4n) is 2.74. The Morgan fingerprint density at radius 1 is 1.03 bits per heavy atom. The summed E-state index contributed by atoms with van der Waals surface area (Å²) in [5, 5.41) is 24.3. The number of benzene rings is 2. The van der Waals surface area contributed by atoms with Crippen molar-refractivity contribution in [3.8, 4) is 5.75 Å². The molecule has 0 saturated carbocycles. The van der Waals surface area contributed by atoms with Gasteiger partial charge in [0.25, 0.3) is 0 Å². The number of nitrogens with one attached hydrogen (secondary N) is 2. The number of amides is 1. The molecule has 36 heavy (non-hydrogen) atoms. The zero-order valence-electron chi connectivity index (χ0n) is 19.5. The van der Waals surface area contributed by atoms with E-state index in [0.717, 1.165) is 6.04 Å². The van der Waals surface area contributed by atoms with Crippen molar-refractivity contribution in [2.45, 2.75) is 32.2 Å². The van der Waals surface area contributed by atoms with Crippen molar-refractivity contribution >= 4 is 31.6 Å². The number of carboxylic acid groups (broad SMARTS) is 1. The van der Waals surface area contributed by atoms with Crippen LogP contribution in [0.1, 0.15) is 15.9 Å². The van der Waals surface area contributed by atoms with Gasteiger partial charge in [-0.05, 0) is 29.8 Å². The van der Waals surface area contributed by atoms with Gasteiger partial charge in [0.05, 0.1) is 17.9 Å². The van der Waals surface area contributed by atoms with E-state index in [1.54, 1.807) is 0 Å². The van der Waals surface area contributed by atoms with E-state index >= 15 is 0 Å². The molecule has 4 N–H and O–H groups in total. The molecule has 194 valence electrons. The molecule has 1 amide bonds. The summed E-state index contributed by atoms with van der Waals surface area (Å²) in [6.07, 6.45) is -0.0602. The second kappa shape index (κ2) is 11.7. The van der Waals surface area contributed by atoms with E-state index in [1.165, 1.54) is 18.2 Å². The highest BCUT2D eigenvalue weighted by Crippen LogP contribution is 2.26. The fraction of sp³-hybridized carbons (Fsp3) is 0.261. The molecule has 13 heteroatoms. The highest BCUT2D eigenvalue weighted by atomic mass is 28.3. The minimum absolute atomic E-state index is 0.00922. The van der Waals surface area contributed by atoms with Gasteiger partial charge in [-0.2, -0.15) is 0 Å². The highest BCUT2D eigenvalue weighted by molar-refractivity contribution is 6.76. The van der Waals surface area contributed by atoms with Gasteiger partial charge in [0.15, 0.2) is 23.3 Å². The van der Waals surface area contributed by atoms with Gasteiger partial charge in [0.2, 0.25) is 5.78 Å². The van der Waals surface area contributed by atoms with E-state index in [-0.39, 0.29) is 24.9 Å². The van der Waals surface area contributed by atoms with E-state index in [2.05, 4.69) is 30.3 Å². The van der Waals surface area contributed by atoms with Crippen molar-refractivity contribution in [2.24, 2.45) is 0 Å². The first-order valence-corrected chi connectivity index (χ1v) is 14.2. The van der Waals surface area contributed by atoms with Crippen LogP contribution in [0.4, 0.5) is 28.0 Å². The maximum Gasteiger partial charge on any atom is 0.407 e. The fourth-order valence-corrected chi connectivity index (χ4v) is 3.46. The molecule has 0 saturated heterocycles. The predicted molar refractivity (Wildman–Crippen MR) is 124 cm³/mol. The Bertz CT molecular complexity index is 1210. The SMILES string of the molecule is C[Si](C)(C)CCOC(=O)NCc1ccc(NC=C(C(=O)O)C(=O)c2cc(F)c(F)c(F)c2F)c(O)c1. The van der Waals surface area contributed by atoms with Crippen molar-refractivity contribution < 1.29 is 46.9 Å². The van der Waals surface area contributed by atoms with Gasteiger partial charge < -0.3 is 25.6 Å². The molecule has 2 rings (SSSR count). The monoisotopic (exact) mass is 528 g/mol. The number of anilines is 1. The molecule has 2 aromatic rings. The van der Waals surface area contributed by atoms with Crippen LogP contribution in [-0.2, 0) is 16.1 Å². The van der Waals surface area contributed by atoms with Crippen LogP contribution in [0.5, 0.6) is 5.75 Å². The molecular formula is C23H24F4N2O6Si. The Balaban J connectivity index is 2.11. The van der Waals surface area contributed by atoms with E-state index in [9.17, 15) is 42.2 Å². The predicted octanol–water partition coefficient (Wildman–Crippen LogP) is 4.78.